The van der Waals surface area contributed by atoms with Crippen LogP contribution in [-0.4, -0.2) is 34.4 Å². The summed E-state index contributed by atoms with van der Waals surface area (Å²) in [5.74, 6) is 1.24. The van der Waals surface area contributed by atoms with Gasteiger partial charge in [-0.3, -0.25) is 4.90 Å². The van der Waals surface area contributed by atoms with Gasteiger partial charge in [-0.15, -0.1) is 0 Å². The summed E-state index contributed by atoms with van der Waals surface area (Å²) < 4.78 is 5.84. The Morgan fingerprint density at radius 2 is 2.47 bits per heavy atom. The average molecular weight is 275 g/mol. The molecule has 15 heavy (non-hydrogen) atoms. The smallest absolute Gasteiger partial charge is 0.151 e. The SMILES string of the molecule is CCC1CN(Cc2cc(Br)no2)CC1O. The number of hydrogen-bond acceptors (Lipinski definition) is 4. The molecule has 1 aliphatic rings. The zero-order chi connectivity index (χ0) is 10.8. The molecule has 2 rings (SSSR count). The number of nitrogens with zero attached hydrogens (tertiary/aromatic N) is 2. The normalized spacial score (nSPS) is 27.4. The van der Waals surface area contributed by atoms with Crippen LogP contribution in [0.15, 0.2) is 15.2 Å². The lowest BCUT2D eigenvalue weighted by Crippen LogP contribution is -2.21. The second-order valence-electron chi connectivity index (χ2n) is 4.05. The third-order valence-electron chi connectivity index (χ3n) is 2.92. The van der Waals surface area contributed by atoms with Crippen molar-refractivity contribution >= 4 is 15.9 Å². The number of aliphatic hydroxyl groups is 1. The molecule has 1 N–H and O–H groups in total. The van der Waals surface area contributed by atoms with Crippen LogP contribution in [0.1, 0.15) is 19.1 Å². The van der Waals surface area contributed by atoms with Crippen molar-refractivity contribution in [3.8, 4) is 0 Å². The summed E-state index contributed by atoms with van der Waals surface area (Å²) >= 11 is 3.25. The van der Waals surface area contributed by atoms with Crippen LogP contribution in [0.2, 0.25) is 0 Å². The standard InChI is InChI=1S/C10H15BrN2O2/c1-2-7-4-13(6-9(7)14)5-8-3-10(11)12-15-8/h3,7,9,14H,2,4-6H2,1H3. The van der Waals surface area contributed by atoms with Gasteiger partial charge in [-0.1, -0.05) is 12.1 Å². The number of likely N-dealkylation sites (tertiary alicyclic amines) is 1. The maximum Gasteiger partial charge on any atom is 0.151 e. The molecule has 5 heteroatoms. The molecule has 0 aliphatic carbocycles. The molecule has 0 bridgehead atoms. The lowest BCUT2D eigenvalue weighted by molar-refractivity contribution is 0.138. The molecule has 0 aromatic carbocycles. The molecule has 1 aromatic heterocycles. The van der Waals surface area contributed by atoms with Crippen LogP contribution < -0.4 is 0 Å². The molecule has 84 valence electrons. The van der Waals surface area contributed by atoms with E-state index in [2.05, 4.69) is 32.9 Å². The number of aromatic nitrogens is 1. The minimum absolute atomic E-state index is 0.193. The molecule has 0 saturated carbocycles. The second kappa shape index (κ2) is 4.63. The Kier molecular flexibility index (Phi) is 3.43. The minimum atomic E-state index is -0.193. The lowest BCUT2D eigenvalue weighted by atomic mass is 10.0. The molecule has 0 radical (unpaired) electrons. The van der Waals surface area contributed by atoms with E-state index < -0.39 is 0 Å². The lowest BCUT2D eigenvalue weighted by Gasteiger charge is -2.12. The highest BCUT2D eigenvalue weighted by Gasteiger charge is 2.30. The van der Waals surface area contributed by atoms with Gasteiger partial charge in [-0.2, -0.15) is 0 Å². The molecular weight excluding hydrogens is 260 g/mol. The van der Waals surface area contributed by atoms with Crippen LogP contribution in [-0.2, 0) is 6.54 Å². The van der Waals surface area contributed by atoms with Crippen molar-refractivity contribution in [2.75, 3.05) is 13.1 Å². The number of hydrogen-bond donors (Lipinski definition) is 1. The molecule has 1 aromatic rings. The predicted molar refractivity (Wildman–Crippen MR) is 59.3 cm³/mol. The fourth-order valence-electron chi connectivity index (χ4n) is 2.05. The first-order chi connectivity index (χ1) is 7.19. The van der Waals surface area contributed by atoms with Gasteiger partial charge in [0.15, 0.2) is 5.76 Å². The van der Waals surface area contributed by atoms with Gasteiger partial charge >= 0.3 is 0 Å². The van der Waals surface area contributed by atoms with Crippen molar-refractivity contribution in [3.05, 3.63) is 16.4 Å². The van der Waals surface area contributed by atoms with Crippen LogP contribution in [0.25, 0.3) is 0 Å². The van der Waals surface area contributed by atoms with Crippen molar-refractivity contribution in [1.29, 1.82) is 0 Å². The van der Waals surface area contributed by atoms with Crippen molar-refractivity contribution in [2.45, 2.75) is 26.0 Å². The summed E-state index contributed by atoms with van der Waals surface area (Å²) in [6, 6.07) is 1.87. The Morgan fingerprint density at radius 3 is 3.00 bits per heavy atom. The second-order valence-corrected chi connectivity index (χ2v) is 4.86. The molecule has 1 fully saturated rings. The van der Waals surface area contributed by atoms with Crippen LogP contribution in [0.3, 0.4) is 0 Å². The molecule has 0 spiro atoms. The quantitative estimate of drug-likeness (QED) is 0.911. The van der Waals surface area contributed by atoms with Crippen molar-refractivity contribution in [2.24, 2.45) is 5.92 Å². The van der Waals surface area contributed by atoms with Gasteiger partial charge < -0.3 is 9.63 Å². The highest BCUT2D eigenvalue weighted by Crippen LogP contribution is 2.22. The van der Waals surface area contributed by atoms with Crippen molar-refractivity contribution in [3.63, 3.8) is 0 Å². The van der Waals surface area contributed by atoms with Crippen molar-refractivity contribution in [1.82, 2.24) is 10.1 Å². The first kappa shape index (κ1) is 11.1. The minimum Gasteiger partial charge on any atom is -0.391 e. The average Bonchev–Trinajstić information content (AvgIpc) is 2.73. The van der Waals surface area contributed by atoms with Gasteiger partial charge in [0.25, 0.3) is 0 Å². The van der Waals surface area contributed by atoms with Gasteiger partial charge in [-0.05, 0) is 28.3 Å². The summed E-state index contributed by atoms with van der Waals surface area (Å²) in [7, 11) is 0. The van der Waals surface area contributed by atoms with E-state index in [1.54, 1.807) is 0 Å². The van der Waals surface area contributed by atoms with E-state index in [9.17, 15) is 5.11 Å². The number of β-amino-alcohol motifs (C(OH)–C–C–N with tert-alkyl or cyclic N) is 1. The Morgan fingerprint density at radius 1 is 1.67 bits per heavy atom. The van der Waals surface area contributed by atoms with Crippen LogP contribution in [0, 0.1) is 5.92 Å². The molecule has 4 nitrogen and oxygen atoms in total. The Hall–Kier alpha value is -0.390. The zero-order valence-electron chi connectivity index (χ0n) is 8.69. The van der Waals surface area contributed by atoms with Crippen molar-refractivity contribution < 1.29 is 9.63 Å². The number of aliphatic hydroxyl groups excluding tert-OH is 1. The zero-order valence-corrected chi connectivity index (χ0v) is 10.3. The molecule has 2 unspecified atom stereocenters. The van der Waals surface area contributed by atoms with E-state index in [1.807, 2.05) is 6.07 Å². The van der Waals surface area contributed by atoms with Gasteiger partial charge in [-0.25, -0.2) is 0 Å². The predicted octanol–water partition coefficient (Wildman–Crippen LogP) is 1.64. The van der Waals surface area contributed by atoms with E-state index in [1.165, 1.54) is 0 Å². The van der Waals surface area contributed by atoms with Crippen LogP contribution in [0.5, 0.6) is 0 Å². The molecule has 2 atom stereocenters. The van der Waals surface area contributed by atoms with E-state index in [-0.39, 0.29) is 6.10 Å². The monoisotopic (exact) mass is 274 g/mol. The van der Waals surface area contributed by atoms with Gasteiger partial charge in [0, 0.05) is 19.2 Å². The first-order valence-corrected chi connectivity index (χ1v) is 6.00. The Labute approximate surface area is 97.4 Å². The Balaban J connectivity index is 1.92. The maximum atomic E-state index is 9.75. The third-order valence-corrected chi connectivity index (χ3v) is 3.29. The van der Waals surface area contributed by atoms with Crippen LogP contribution >= 0.6 is 15.9 Å². The van der Waals surface area contributed by atoms with E-state index >= 15 is 0 Å². The number of rotatable bonds is 3. The Bertz CT molecular complexity index is 329. The maximum absolute atomic E-state index is 9.75. The largest absolute Gasteiger partial charge is 0.391 e. The third kappa shape index (κ3) is 2.59. The highest BCUT2D eigenvalue weighted by molar-refractivity contribution is 9.10. The summed E-state index contributed by atoms with van der Waals surface area (Å²) in [6.45, 7) is 4.52. The molecule has 1 aliphatic heterocycles. The highest BCUT2D eigenvalue weighted by atomic mass is 79.9. The van der Waals surface area contributed by atoms with Gasteiger partial charge in [0.05, 0.1) is 12.6 Å². The van der Waals surface area contributed by atoms with Gasteiger partial charge in [0.1, 0.15) is 4.60 Å². The fourth-order valence-corrected chi connectivity index (χ4v) is 2.38. The van der Waals surface area contributed by atoms with Crippen LogP contribution in [0.4, 0.5) is 0 Å². The number of halogens is 1. The first-order valence-electron chi connectivity index (χ1n) is 5.20. The molecule has 2 heterocycles. The summed E-state index contributed by atoms with van der Waals surface area (Å²) in [5.41, 5.74) is 0. The summed E-state index contributed by atoms with van der Waals surface area (Å²) in [4.78, 5) is 2.20. The summed E-state index contributed by atoms with van der Waals surface area (Å²) in [5, 5.41) is 13.5. The fraction of sp³-hybridized carbons (Fsp3) is 0.700. The topological polar surface area (TPSA) is 49.5 Å². The van der Waals surface area contributed by atoms with E-state index in [4.69, 9.17) is 4.52 Å². The van der Waals surface area contributed by atoms with Gasteiger partial charge in [0.2, 0.25) is 0 Å². The van der Waals surface area contributed by atoms with E-state index in [0.29, 0.717) is 5.92 Å². The molecule has 0 amide bonds. The molecular formula is C10H15BrN2O2. The summed E-state index contributed by atoms with van der Waals surface area (Å²) in [6.07, 6.45) is 0.832. The van der Waals surface area contributed by atoms with E-state index in [0.717, 1.165) is 36.4 Å². The molecule has 1 saturated heterocycles.